The maximum atomic E-state index is 13.6. The van der Waals surface area contributed by atoms with Gasteiger partial charge in [-0.1, -0.05) is 61.3 Å². The minimum Gasteiger partial charge on any atom is -0.489 e. The van der Waals surface area contributed by atoms with Crippen molar-refractivity contribution >= 4 is 80.9 Å². The number of nitrogens with one attached hydrogen (secondary N) is 4. The van der Waals surface area contributed by atoms with Gasteiger partial charge in [0.25, 0.3) is 11.8 Å². The van der Waals surface area contributed by atoms with E-state index in [9.17, 15) is 24.0 Å². The molecule has 4 aromatic carbocycles. The molecule has 0 bridgehead atoms. The molecule has 1 aliphatic carbocycles. The molecule has 4 N–H and O–H groups in total. The second-order valence-electron chi connectivity index (χ2n) is 19.0. The van der Waals surface area contributed by atoms with Gasteiger partial charge in [-0.3, -0.25) is 39.0 Å². The largest absolute Gasteiger partial charge is 0.489 e. The van der Waals surface area contributed by atoms with Crippen LogP contribution in [0.4, 0.5) is 10.5 Å². The summed E-state index contributed by atoms with van der Waals surface area (Å²) in [4.78, 5) is 66.6. The van der Waals surface area contributed by atoms with Gasteiger partial charge in [-0.15, -0.1) is 0 Å². The van der Waals surface area contributed by atoms with Crippen molar-refractivity contribution < 1.29 is 28.7 Å². The number of ether oxygens (including phenoxy) is 1. The van der Waals surface area contributed by atoms with Gasteiger partial charge in [0.05, 0.1) is 34.5 Å². The average Bonchev–Trinajstić information content (AvgIpc) is 4.10. The number of fused-ring (bicyclic) bond motifs is 3. The zero-order valence-electron chi connectivity index (χ0n) is 39.6. The summed E-state index contributed by atoms with van der Waals surface area (Å²) in [5, 5.41) is 27.9. The van der Waals surface area contributed by atoms with E-state index < -0.39 is 18.0 Å². The molecule has 17 nitrogen and oxygen atoms in total. The number of aryl methyl sites for hydroxylation is 2. The summed E-state index contributed by atoms with van der Waals surface area (Å²) in [7, 11) is 1.93. The van der Waals surface area contributed by atoms with Crippen LogP contribution in [0.25, 0.3) is 44.2 Å². The van der Waals surface area contributed by atoms with Crippen LogP contribution in [0.15, 0.2) is 85.2 Å². The quantitative estimate of drug-likeness (QED) is 0.0575. The van der Waals surface area contributed by atoms with E-state index in [2.05, 4.69) is 67.6 Å². The standard InChI is InChI=1S/C52H51Cl2N11O6/c1-6-7-43(48(67)56-27-66)64-23-34-13-31(8-10-39(34)50(64)69)20-55-51(70)59-36-15-35(53)16-38(17-36)71-24-29(3)49(68)63-25-52(26-63)18-37(19-52)65-30(4)44(45-40-22-57-60-41(40)12-28(2)46(45)54)47(61-65)32-9-11-42-33(14-32)21-58-62(42)5/h8-17,21-22,27,37,43H,3,6-7,18-20,23-26H2,1-2,4-5H3,(H,57,60)(H2,55,59,70)(H,56,66,67). The number of aromatic nitrogens is 6. The first-order valence-electron chi connectivity index (χ1n) is 23.4. The number of hydrogen-bond donors (Lipinski definition) is 4. The van der Waals surface area contributed by atoms with E-state index in [0.717, 1.165) is 79.4 Å². The summed E-state index contributed by atoms with van der Waals surface area (Å²) in [6.45, 7) is 11.5. The molecule has 1 atom stereocenters. The third-order valence-electron chi connectivity index (χ3n) is 14.0. The molecule has 5 heterocycles. The first-order chi connectivity index (χ1) is 34.1. The number of amides is 6. The number of likely N-dealkylation sites (tertiary alicyclic amines) is 1. The lowest BCUT2D eigenvalue weighted by molar-refractivity contribution is -0.150. The van der Waals surface area contributed by atoms with E-state index in [1.54, 1.807) is 30.3 Å². The third-order valence-corrected chi connectivity index (χ3v) is 14.8. The molecule has 7 aromatic rings. The van der Waals surface area contributed by atoms with Crippen molar-refractivity contribution in [2.75, 3.05) is 25.0 Å². The topological polar surface area (TPSA) is 201 Å². The number of H-pyrrole nitrogens is 1. The summed E-state index contributed by atoms with van der Waals surface area (Å²) in [6.07, 6.45) is 6.77. The zero-order valence-corrected chi connectivity index (χ0v) is 41.1. The highest BCUT2D eigenvalue weighted by Crippen LogP contribution is 2.56. The van der Waals surface area contributed by atoms with Gasteiger partial charge in [-0.25, -0.2) is 4.79 Å². The second kappa shape index (κ2) is 18.7. The third kappa shape index (κ3) is 8.77. The molecule has 3 aliphatic rings. The number of carbonyl (C=O) groups is 5. The SMILES string of the molecule is C=C(COc1cc(Cl)cc(NC(=O)NCc2ccc3c(c2)CN(C(CCC)C(=O)NC=O)C3=O)c1)C(=O)N1CC2(CC(n3nc(-c4ccc5c(cnn5C)c4)c(-c4c(Cl)c(C)cc5[nH]ncc45)c3C)C2)C1. The van der Waals surface area contributed by atoms with Gasteiger partial charge in [0, 0.05) is 99.7 Å². The zero-order chi connectivity index (χ0) is 49.9. The molecule has 1 unspecified atom stereocenters. The van der Waals surface area contributed by atoms with E-state index in [-0.39, 0.29) is 48.5 Å². The summed E-state index contributed by atoms with van der Waals surface area (Å²) in [5.74, 6) is -0.654. The van der Waals surface area contributed by atoms with Crippen molar-refractivity contribution in [3.63, 3.8) is 0 Å². The van der Waals surface area contributed by atoms with Gasteiger partial charge in [-0.2, -0.15) is 15.3 Å². The summed E-state index contributed by atoms with van der Waals surface area (Å²) < 4.78 is 9.98. The maximum Gasteiger partial charge on any atom is 0.319 e. The molecule has 1 saturated heterocycles. The van der Waals surface area contributed by atoms with Gasteiger partial charge in [0.15, 0.2) is 0 Å². The molecule has 6 amide bonds. The maximum absolute atomic E-state index is 13.6. The molecule has 2 aliphatic heterocycles. The predicted octanol–water partition coefficient (Wildman–Crippen LogP) is 8.42. The van der Waals surface area contributed by atoms with Crippen molar-refractivity contribution in [3.8, 4) is 28.1 Å². The van der Waals surface area contributed by atoms with Crippen LogP contribution in [-0.2, 0) is 34.5 Å². The Morgan fingerprint density at radius 3 is 2.61 bits per heavy atom. The van der Waals surface area contributed by atoms with Gasteiger partial charge < -0.3 is 25.2 Å². The second-order valence-corrected chi connectivity index (χ2v) is 19.8. The minimum absolute atomic E-state index is 0.0296. The Morgan fingerprint density at radius 1 is 1.03 bits per heavy atom. The van der Waals surface area contributed by atoms with Crippen molar-refractivity contribution in [3.05, 3.63) is 123 Å². The highest BCUT2D eigenvalue weighted by molar-refractivity contribution is 6.36. The molecule has 10 rings (SSSR count). The Bertz CT molecular complexity index is 3340. The Morgan fingerprint density at radius 2 is 1.83 bits per heavy atom. The number of urea groups is 1. The molecule has 1 spiro atoms. The fourth-order valence-electron chi connectivity index (χ4n) is 10.6. The molecule has 19 heteroatoms. The average molecular weight is 997 g/mol. The fraction of sp³-hybridized carbons (Fsp3) is 0.308. The number of aromatic amines is 1. The first kappa shape index (κ1) is 47.2. The van der Waals surface area contributed by atoms with Gasteiger partial charge in [-0.05, 0) is 86.2 Å². The number of rotatable bonds is 15. The minimum atomic E-state index is -0.774. The van der Waals surface area contributed by atoms with Crippen LogP contribution in [0.1, 0.15) is 71.4 Å². The van der Waals surface area contributed by atoms with Gasteiger partial charge in [0.2, 0.25) is 12.3 Å². The fourth-order valence-corrected chi connectivity index (χ4v) is 11.0. The first-order valence-corrected chi connectivity index (χ1v) is 24.2. The molecule has 71 heavy (non-hydrogen) atoms. The van der Waals surface area contributed by atoms with Crippen LogP contribution in [0.2, 0.25) is 10.0 Å². The number of halogens is 2. The summed E-state index contributed by atoms with van der Waals surface area (Å²) in [6, 6.07) is 17.1. The van der Waals surface area contributed by atoms with Crippen LogP contribution in [0, 0.1) is 19.3 Å². The number of hydrogen-bond acceptors (Lipinski definition) is 9. The number of imide groups is 1. The molecule has 3 aromatic heterocycles. The van der Waals surface area contributed by atoms with Crippen molar-refractivity contribution in [2.45, 2.75) is 71.6 Å². The summed E-state index contributed by atoms with van der Waals surface area (Å²) >= 11 is 13.6. The van der Waals surface area contributed by atoms with Crippen molar-refractivity contribution in [1.82, 2.24) is 50.2 Å². The van der Waals surface area contributed by atoms with Gasteiger partial charge in [0.1, 0.15) is 24.1 Å². The van der Waals surface area contributed by atoms with Crippen LogP contribution in [-0.4, -0.2) is 95.5 Å². The van der Waals surface area contributed by atoms with E-state index >= 15 is 0 Å². The highest BCUT2D eigenvalue weighted by atomic mass is 35.5. The Hall–Kier alpha value is -7.50. The van der Waals surface area contributed by atoms with Crippen LogP contribution in [0.3, 0.4) is 0 Å². The Balaban J connectivity index is 0.742. The molecular weight excluding hydrogens is 946 g/mol. The van der Waals surface area contributed by atoms with Crippen LogP contribution in [0.5, 0.6) is 5.75 Å². The van der Waals surface area contributed by atoms with Gasteiger partial charge >= 0.3 is 6.03 Å². The molecule has 2 fully saturated rings. The predicted molar refractivity (Wildman–Crippen MR) is 270 cm³/mol. The smallest absolute Gasteiger partial charge is 0.319 e. The Kier molecular flexibility index (Phi) is 12.4. The molecular formula is C52H51Cl2N11O6. The normalized spacial score (nSPS) is 15.4. The Labute approximate surface area is 418 Å². The number of anilines is 1. The molecule has 0 radical (unpaired) electrons. The number of carbonyl (C=O) groups excluding carboxylic acids is 5. The monoisotopic (exact) mass is 995 g/mol. The number of benzene rings is 4. The van der Waals surface area contributed by atoms with E-state index in [0.29, 0.717) is 59.4 Å². The van der Waals surface area contributed by atoms with Crippen LogP contribution < -0.4 is 20.7 Å². The van der Waals surface area contributed by atoms with Crippen molar-refractivity contribution in [2.24, 2.45) is 12.5 Å². The molecule has 364 valence electrons. The van der Waals surface area contributed by atoms with Crippen LogP contribution >= 0.6 is 23.2 Å². The van der Waals surface area contributed by atoms with E-state index in [1.165, 1.54) is 4.90 Å². The van der Waals surface area contributed by atoms with E-state index in [1.807, 2.05) is 55.0 Å². The lowest BCUT2D eigenvalue weighted by Gasteiger charge is -2.59. The number of nitrogens with zero attached hydrogens (tertiary/aromatic N) is 7. The van der Waals surface area contributed by atoms with Crippen molar-refractivity contribution in [1.29, 1.82) is 0 Å². The lowest BCUT2D eigenvalue weighted by atomic mass is 9.60. The van der Waals surface area contributed by atoms with E-state index in [4.69, 9.17) is 33.0 Å². The molecule has 1 saturated carbocycles. The summed E-state index contributed by atoms with van der Waals surface area (Å²) in [5.41, 5.74) is 10.1. The lowest BCUT2D eigenvalue weighted by Crippen LogP contribution is -2.64. The highest BCUT2D eigenvalue weighted by Gasteiger charge is 2.55.